The molecule has 0 fully saturated rings. The van der Waals surface area contributed by atoms with E-state index in [9.17, 15) is 4.79 Å². The van der Waals surface area contributed by atoms with Crippen molar-refractivity contribution in [3.05, 3.63) is 51.9 Å². The lowest BCUT2D eigenvalue weighted by Gasteiger charge is -2.02. The number of halogens is 1. The van der Waals surface area contributed by atoms with Crippen molar-refractivity contribution in [2.45, 2.75) is 0 Å². The Morgan fingerprint density at radius 2 is 2.09 bits per heavy atom. The molecule has 0 aliphatic carbocycles. The Kier molecular flexibility index (Phi) is 6.36. The van der Waals surface area contributed by atoms with E-state index >= 15 is 0 Å². The van der Waals surface area contributed by atoms with Crippen LogP contribution in [-0.2, 0) is 14.3 Å². The number of methoxy groups -OCH3 is 1. The van der Waals surface area contributed by atoms with Gasteiger partial charge in [-0.1, -0.05) is 29.8 Å². The zero-order chi connectivity index (χ0) is 16.7. The van der Waals surface area contributed by atoms with Crippen molar-refractivity contribution >= 4 is 35.0 Å². The van der Waals surface area contributed by atoms with Gasteiger partial charge in [-0.05, 0) is 24.3 Å². The molecule has 0 radical (unpaired) electrons. The van der Waals surface area contributed by atoms with E-state index in [0.29, 0.717) is 11.6 Å². The number of benzene rings is 1. The number of carbonyl (C=O) groups excluding carboxylic acids is 1. The first kappa shape index (κ1) is 17.2. The van der Waals surface area contributed by atoms with Crippen LogP contribution in [0.15, 0.2) is 42.0 Å². The molecule has 0 atom stereocenters. The number of esters is 1. The maximum atomic E-state index is 11.8. The van der Waals surface area contributed by atoms with Gasteiger partial charge in [0.2, 0.25) is 0 Å². The third-order valence-electron chi connectivity index (χ3n) is 2.91. The molecule has 0 N–H and O–H groups in total. The minimum Gasteiger partial charge on any atom is -0.459 e. The molecular weight excluding hydrogens is 334 g/mol. The number of carbonyl (C=O) groups is 1. The van der Waals surface area contributed by atoms with Gasteiger partial charge in [0.1, 0.15) is 18.2 Å². The van der Waals surface area contributed by atoms with E-state index in [0.717, 1.165) is 15.3 Å². The summed E-state index contributed by atoms with van der Waals surface area (Å²) in [6.45, 7) is 0.407. The Morgan fingerprint density at radius 1 is 1.30 bits per heavy atom. The van der Waals surface area contributed by atoms with Crippen LogP contribution < -0.4 is 0 Å². The fourth-order valence-corrected chi connectivity index (χ4v) is 3.10. The summed E-state index contributed by atoms with van der Waals surface area (Å²) in [6, 6.07) is 13.1. The second-order valence-electron chi connectivity index (χ2n) is 4.48. The normalized spacial score (nSPS) is 11.1. The largest absolute Gasteiger partial charge is 0.459 e. The highest BCUT2D eigenvalue weighted by molar-refractivity contribution is 7.16. The first-order valence-electron chi connectivity index (χ1n) is 6.78. The molecule has 0 unspecified atom stereocenters. The van der Waals surface area contributed by atoms with Crippen molar-refractivity contribution in [3.8, 4) is 16.5 Å². The summed E-state index contributed by atoms with van der Waals surface area (Å²) < 4.78 is 9.74. The van der Waals surface area contributed by atoms with Gasteiger partial charge in [-0.25, -0.2) is 4.79 Å². The number of nitriles is 1. The highest BCUT2D eigenvalue weighted by Gasteiger charge is 2.12. The van der Waals surface area contributed by atoms with Crippen molar-refractivity contribution < 1.29 is 14.3 Å². The van der Waals surface area contributed by atoms with Gasteiger partial charge < -0.3 is 9.47 Å². The van der Waals surface area contributed by atoms with Gasteiger partial charge in [-0.15, -0.1) is 11.3 Å². The lowest BCUT2D eigenvalue weighted by molar-refractivity contribution is -0.139. The minimum absolute atomic E-state index is 0.0475. The van der Waals surface area contributed by atoms with Crippen LogP contribution in [0.5, 0.6) is 0 Å². The van der Waals surface area contributed by atoms with Gasteiger partial charge in [-0.2, -0.15) is 5.26 Å². The summed E-state index contributed by atoms with van der Waals surface area (Å²) in [5.74, 6) is -0.655. The molecule has 0 bridgehead atoms. The Hall–Kier alpha value is -2.13. The fraction of sp³-hybridized carbons (Fsp3) is 0.176. The highest BCUT2D eigenvalue weighted by atomic mass is 35.5. The van der Waals surface area contributed by atoms with Gasteiger partial charge in [0.05, 0.1) is 6.61 Å². The lowest BCUT2D eigenvalue weighted by Crippen LogP contribution is -2.10. The number of hydrogen-bond acceptors (Lipinski definition) is 5. The van der Waals surface area contributed by atoms with Crippen molar-refractivity contribution in [2.24, 2.45) is 0 Å². The molecular formula is C17H14ClNO3S. The summed E-state index contributed by atoms with van der Waals surface area (Å²) in [5.41, 5.74) is 0.869. The third-order valence-corrected chi connectivity index (χ3v) is 4.31. The predicted octanol–water partition coefficient (Wildman–Crippen LogP) is 4.17. The minimum atomic E-state index is -0.655. The molecule has 2 aromatic rings. The van der Waals surface area contributed by atoms with Crippen LogP contribution >= 0.6 is 22.9 Å². The zero-order valence-corrected chi connectivity index (χ0v) is 14.0. The molecule has 4 nitrogen and oxygen atoms in total. The quantitative estimate of drug-likeness (QED) is 0.340. The van der Waals surface area contributed by atoms with Gasteiger partial charge >= 0.3 is 5.97 Å². The summed E-state index contributed by atoms with van der Waals surface area (Å²) in [4.78, 5) is 13.5. The van der Waals surface area contributed by atoms with Crippen LogP contribution in [-0.4, -0.2) is 26.3 Å². The molecule has 23 heavy (non-hydrogen) atoms. The first-order chi connectivity index (χ1) is 11.2. The summed E-state index contributed by atoms with van der Waals surface area (Å²) in [6.07, 6.45) is 1.51. The molecule has 0 aliphatic rings. The molecule has 1 aromatic carbocycles. The van der Waals surface area contributed by atoms with Gasteiger partial charge in [-0.3, -0.25) is 0 Å². The third kappa shape index (κ3) is 4.67. The van der Waals surface area contributed by atoms with Crippen molar-refractivity contribution in [1.82, 2.24) is 0 Å². The smallest absolute Gasteiger partial charge is 0.349 e. The molecule has 0 saturated carbocycles. The molecule has 2 rings (SSSR count). The second-order valence-corrected chi connectivity index (χ2v) is 6.00. The Labute approximate surface area is 143 Å². The second kappa shape index (κ2) is 8.49. The van der Waals surface area contributed by atoms with Crippen LogP contribution in [0.4, 0.5) is 0 Å². The van der Waals surface area contributed by atoms with Crippen molar-refractivity contribution in [1.29, 1.82) is 5.26 Å². The average molecular weight is 348 g/mol. The summed E-state index contributed by atoms with van der Waals surface area (Å²) in [5, 5.41) is 9.77. The maximum Gasteiger partial charge on any atom is 0.349 e. The molecule has 0 aliphatic heterocycles. The standard InChI is InChI=1S/C17H14ClNO3S/c1-21-8-9-22-17(20)12(11-19)10-13-6-7-16(23-13)14-4-2-3-5-15(14)18/h2-7,10H,8-9H2,1H3/b12-10+. The van der Waals surface area contributed by atoms with Crippen LogP contribution in [0.25, 0.3) is 16.5 Å². The van der Waals surface area contributed by atoms with Gasteiger partial charge in [0, 0.05) is 27.5 Å². The fourth-order valence-electron chi connectivity index (χ4n) is 1.81. The van der Waals surface area contributed by atoms with Crippen LogP contribution in [0.1, 0.15) is 4.88 Å². The van der Waals surface area contributed by atoms with E-state index in [1.54, 1.807) is 0 Å². The van der Waals surface area contributed by atoms with E-state index in [-0.39, 0.29) is 12.2 Å². The number of thiophene rings is 1. The van der Waals surface area contributed by atoms with E-state index in [2.05, 4.69) is 0 Å². The zero-order valence-electron chi connectivity index (χ0n) is 12.4. The lowest BCUT2D eigenvalue weighted by atomic mass is 10.2. The number of nitrogens with zero attached hydrogens (tertiary/aromatic N) is 1. The number of ether oxygens (including phenoxy) is 2. The van der Waals surface area contributed by atoms with E-state index < -0.39 is 5.97 Å². The predicted molar refractivity (Wildman–Crippen MR) is 91.2 cm³/mol. The van der Waals surface area contributed by atoms with Crippen molar-refractivity contribution in [2.75, 3.05) is 20.3 Å². The van der Waals surface area contributed by atoms with Gasteiger partial charge in [0.25, 0.3) is 0 Å². The van der Waals surface area contributed by atoms with Crippen LogP contribution in [0.3, 0.4) is 0 Å². The summed E-state index contributed by atoms with van der Waals surface area (Å²) in [7, 11) is 1.51. The number of hydrogen-bond donors (Lipinski definition) is 0. The Balaban J connectivity index is 2.17. The monoisotopic (exact) mass is 347 g/mol. The maximum absolute atomic E-state index is 11.8. The topological polar surface area (TPSA) is 59.3 Å². The molecule has 0 spiro atoms. The van der Waals surface area contributed by atoms with Gasteiger partial charge in [0.15, 0.2) is 0 Å². The van der Waals surface area contributed by atoms with E-state index in [1.165, 1.54) is 24.5 Å². The molecule has 0 amide bonds. The Bertz CT molecular complexity index is 761. The van der Waals surface area contributed by atoms with Crippen LogP contribution in [0, 0.1) is 11.3 Å². The molecule has 118 valence electrons. The van der Waals surface area contributed by atoms with E-state index in [4.69, 9.17) is 26.3 Å². The Morgan fingerprint density at radius 3 is 2.78 bits per heavy atom. The SMILES string of the molecule is COCCOC(=O)/C(C#N)=C/c1ccc(-c2ccccc2Cl)s1. The highest BCUT2D eigenvalue weighted by Crippen LogP contribution is 2.33. The number of rotatable bonds is 6. The first-order valence-corrected chi connectivity index (χ1v) is 7.97. The molecule has 1 heterocycles. The van der Waals surface area contributed by atoms with Crippen molar-refractivity contribution in [3.63, 3.8) is 0 Å². The van der Waals surface area contributed by atoms with Crippen LogP contribution in [0.2, 0.25) is 5.02 Å². The molecule has 1 aromatic heterocycles. The molecule has 0 saturated heterocycles. The summed E-state index contributed by atoms with van der Waals surface area (Å²) >= 11 is 7.62. The molecule has 6 heteroatoms. The average Bonchev–Trinajstić information content (AvgIpc) is 3.01. The van der Waals surface area contributed by atoms with E-state index in [1.807, 2.05) is 42.5 Å².